The largest absolute Gasteiger partial charge is 0.416 e. The Kier molecular flexibility index (Phi) is 4.23. The van der Waals surface area contributed by atoms with Crippen LogP contribution in [0, 0.1) is 5.92 Å². The number of nitrogens with one attached hydrogen (secondary N) is 1. The average molecular weight is 352 g/mol. The van der Waals surface area contributed by atoms with E-state index in [1.54, 1.807) is 19.3 Å². The van der Waals surface area contributed by atoms with Crippen molar-refractivity contribution >= 4 is 23.3 Å². The molecule has 2 heterocycles. The van der Waals surface area contributed by atoms with Crippen LogP contribution in [0.2, 0.25) is 0 Å². The van der Waals surface area contributed by atoms with E-state index in [-0.39, 0.29) is 30.5 Å². The summed E-state index contributed by atoms with van der Waals surface area (Å²) in [5.74, 6) is -1.07. The fraction of sp³-hybridized carbons (Fsp3) is 0.312. The van der Waals surface area contributed by atoms with Crippen LogP contribution in [0.4, 0.5) is 24.7 Å². The van der Waals surface area contributed by atoms with Crippen molar-refractivity contribution in [3.05, 3.63) is 42.1 Å². The standard InChI is InChI=1S/C16H15F3N4O2/c1-22-6-5-13(21-22)20-15(25)10-7-14(24)23(9-10)12-4-2-3-11(8-12)16(17,18)19/h2-6,8,10H,7,9H2,1H3,(H,20,21,25)/t10-/m0/s1. The number of carbonyl (C=O) groups is 2. The third-order valence-corrected chi connectivity index (χ3v) is 3.95. The second-order valence-corrected chi connectivity index (χ2v) is 5.82. The quantitative estimate of drug-likeness (QED) is 0.923. The lowest BCUT2D eigenvalue weighted by Crippen LogP contribution is -2.28. The second-order valence-electron chi connectivity index (χ2n) is 5.82. The highest BCUT2D eigenvalue weighted by Crippen LogP contribution is 2.33. The molecule has 132 valence electrons. The Labute approximate surface area is 141 Å². The molecule has 1 fully saturated rings. The van der Waals surface area contributed by atoms with E-state index in [2.05, 4.69) is 10.4 Å². The van der Waals surface area contributed by atoms with Crippen LogP contribution in [-0.2, 0) is 22.8 Å². The Morgan fingerprint density at radius 3 is 2.72 bits per heavy atom. The molecule has 0 spiro atoms. The third kappa shape index (κ3) is 3.65. The highest BCUT2D eigenvalue weighted by Gasteiger charge is 2.37. The molecule has 0 bridgehead atoms. The molecular weight excluding hydrogens is 337 g/mol. The number of nitrogens with zero attached hydrogens (tertiary/aromatic N) is 3. The molecule has 2 aromatic rings. The minimum Gasteiger partial charge on any atom is -0.312 e. The molecule has 1 aromatic carbocycles. The van der Waals surface area contributed by atoms with Gasteiger partial charge in [0.05, 0.1) is 11.5 Å². The van der Waals surface area contributed by atoms with Gasteiger partial charge in [-0.25, -0.2) is 0 Å². The van der Waals surface area contributed by atoms with E-state index in [1.165, 1.54) is 21.7 Å². The fourth-order valence-electron chi connectivity index (χ4n) is 2.69. The zero-order valence-electron chi connectivity index (χ0n) is 13.2. The van der Waals surface area contributed by atoms with Gasteiger partial charge in [0.15, 0.2) is 5.82 Å². The number of carbonyl (C=O) groups excluding carboxylic acids is 2. The van der Waals surface area contributed by atoms with E-state index in [0.29, 0.717) is 5.82 Å². The summed E-state index contributed by atoms with van der Waals surface area (Å²) < 4.78 is 40.0. The molecule has 1 aliphatic heterocycles. The molecule has 0 radical (unpaired) electrons. The van der Waals surface area contributed by atoms with Gasteiger partial charge in [0.1, 0.15) is 0 Å². The maximum atomic E-state index is 12.8. The van der Waals surface area contributed by atoms with Crippen molar-refractivity contribution in [1.29, 1.82) is 0 Å². The summed E-state index contributed by atoms with van der Waals surface area (Å²) in [7, 11) is 1.70. The van der Waals surface area contributed by atoms with E-state index in [0.717, 1.165) is 12.1 Å². The van der Waals surface area contributed by atoms with Crippen molar-refractivity contribution in [2.24, 2.45) is 13.0 Å². The molecular formula is C16H15F3N4O2. The molecule has 0 aliphatic carbocycles. The SMILES string of the molecule is Cn1ccc(NC(=O)[C@H]2CC(=O)N(c3cccc(C(F)(F)F)c3)C2)n1. The predicted molar refractivity (Wildman–Crippen MR) is 83.7 cm³/mol. The number of aryl methyl sites for hydroxylation is 1. The zero-order chi connectivity index (χ0) is 18.2. The van der Waals surface area contributed by atoms with Crippen molar-refractivity contribution < 1.29 is 22.8 Å². The predicted octanol–water partition coefficient (Wildman–Crippen LogP) is 2.43. The lowest BCUT2D eigenvalue weighted by molar-refractivity contribution is -0.137. The summed E-state index contributed by atoms with van der Waals surface area (Å²) in [6, 6.07) is 6.13. The van der Waals surface area contributed by atoms with Crippen molar-refractivity contribution in [2.45, 2.75) is 12.6 Å². The highest BCUT2D eigenvalue weighted by atomic mass is 19.4. The maximum absolute atomic E-state index is 12.8. The molecule has 0 unspecified atom stereocenters. The topological polar surface area (TPSA) is 67.2 Å². The number of anilines is 2. The number of alkyl halides is 3. The second kappa shape index (κ2) is 6.23. The molecule has 1 aliphatic rings. The lowest BCUT2D eigenvalue weighted by atomic mass is 10.1. The number of amides is 2. The summed E-state index contributed by atoms with van der Waals surface area (Å²) >= 11 is 0. The van der Waals surface area contributed by atoms with Gasteiger partial charge in [-0.3, -0.25) is 14.3 Å². The van der Waals surface area contributed by atoms with Gasteiger partial charge >= 0.3 is 6.18 Å². The van der Waals surface area contributed by atoms with E-state index < -0.39 is 17.7 Å². The molecule has 1 saturated heterocycles. The van der Waals surface area contributed by atoms with Crippen molar-refractivity contribution in [1.82, 2.24) is 9.78 Å². The Hall–Kier alpha value is -2.84. The Balaban J connectivity index is 1.73. The first kappa shape index (κ1) is 17.0. The molecule has 3 rings (SSSR count). The Bertz CT molecular complexity index is 816. The first-order valence-electron chi connectivity index (χ1n) is 7.52. The molecule has 6 nitrogen and oxygen atoms in total. The van der Waals surface area contributed by atoms with Gasteiger partial charge in [-0.15, -0.1) is 0 Å². The minimum atomic E-state index is -4.49. The van der Waals surface area contributed by atoms with Gasteiger partial charge < -0.3 is 10.2 Å². The normalized spacial score (nSPS) is 17.8. The van der Waals surface area contributed by atoms with Gasteiger partial charge in [-0.1, -0.05) is 6.07 Å². The van der Waals surface area contributed by atoms with Crippen molar-refractivity contribution in [3.8, 4) is 0 Å². The highest BCUT2D eigenvalue weighted by molar-refractivity contribution is 6.03. The van der Waals surface area contributed by atoms with Crippen LogP contribution >= 0.6 is 0 Å². The van der Waals surface area contributed by atoms with Crippen LogP contribution in [-0.4, -0.2) is 28.1 Å². The fourth-order valence-corrected chi connectivity index (χ4v) is 2.69. The van der Waals surface area contributed by atoms with Crippen LogP contribution < -0.4 is 10.2 Å². The van der Waals surface area contributed by atoms with E-state index in [1.807, 2.05) is 0 Å². The Morgan fingerprint density at radius 2 is 2.08 bits per heavy atom. The number of rotatable bonds is 3. The number of hydrogen-bond acceptors (Lipinski definition) is 3. The molecule has 0 saturated carbocycles. The van der Waals surface area contributed by atoms with Gasteiger partial charge in [0.2, 0.25) is 11.8 Å². The number of halogens is 3. The van der Waals surface area contributed by atoms with Gasteiger partial charge in [0.25, 0.3) is 0 Å². The first-order valence-corrected chi connectivity index (χ1v) is 7.52. The van der Waals surface area contributed by atoms with Gasteiger partial charge in [0, 0.05) is 38.0 Å². The van der Waals surface area contributed by atoms with Crippen LogP contribution in [0.15, 0.2) is 36.5 Å². The monoisotopic (exact) mass is 352 g/mol. The molecule has 1 atom stereocenters. The summed E-state index contributed by atoms with van der Waals surface area (Å²) in [5, 5.41) is 6.62. The van der Waals surface area contributed by atoms with Crippen molar-refractivity contribution in [2.75, 3.05) is 16.8 Å². The molecule has 2 amide bonds. The first-order chi connectivity index (χ1) is 11.7. The smallest absolute Gasteiger partial charge is 0.312 e. The molecule has 1 N–H and O–H groups in total. The minimum absolute atomic E-state index is 0.0266. The third-order valence-electron chi connectivity index (χ3n) is 3.95. The molecule has 1 aromatic heterocycles. The van der Waals surface area contributed by atoms with Gasteiger partial charge in [-0.2, -0.15) is 18.3 Å². The average Bonchev–Trinajstić information content (AvgIpc) is 3.12. The lowest BCUT2D eigenvalue weighted by Gasteiger charge is -2.18. The van der Waals surface area contributed by atoms with Crippen LogP contribution in [0.3, 0.4) is 0 Å². The molecule has 9 heteroatoms. The molecule has 25 heavy (non-hydrogen) atoms. The van der Waals surface area contributed by atoms with Crippen molar-refractivity contribution in [3.63, 3.8) is 0 Å². The van der Waals surface area contributed by atoms with E-state index >= 15 is 0 Å². The number of benzene rings is 1. The van der Waals surface area contributed by atoms with E-state index in [9.17, 15) is 22.8 Å². The zero-order valence-corrected chi connectivity index (χ0v) is 13.2. The van der Waals surface area contributed by atoms with Crippen LogP contribution in [0.5, 0.6) is 0 Å². The number of hydrogen-bond donors (Lipinski definition) is 1. The summed E-state index contributed by atoms with van der Waals surface area (Å²) in [6.07, 6.45) is -2.90. The summed E-state index contributed by atoms with van der Waals surface area (Å²) in [6.45, 7) is 0.0266. The summed E-state index contributed by atoms with van der Waals surface area (Å²) in [4.78, 5) is 25.6. The number of aromatic nitrogens is 2. The maximum Gasteiger partial charge on any atom is 0.416 e. The Morgan fingerprint density at radius 1 is 1.32 bits per heavy atom. The van der Waals surface area contributed by atoms with Crippen LogP contribution in [0.25, 0.3) is 0 Å². The van der Waals surface area contributed by atoms with Gasteiger partial charge in [-0.05, 0) is 18.2 Å². The summed E-state index contributed by atoms with van der Waals surface area (Å²) in [5.41, 5.74) is -0.702. The van der Waals surface area contributed by atoms with E-state index in [4.69, 9.17) is 0 Å². The van der Waals surface area contributed by atoms with Crippen LogP contribution in [0.1, 0.15) is 12.0 Å².